The van der Waals surface area contributed by atoms with Crippen LogP contribution >= 0.6 is 0 Å². The molecule has 0 spiro atoms. The summed E-state index contributed by atoms with van der Waals surface area (Å²) in [6, 6.07) is 22.3. The SMILES string of the molecule is C[C@H]1Oc2ccc(C#CCN3CCN(CC#Cc4ccc5c(c4)N(C)C(=O)[C@@H](NC(=O)c4ncn(Cc6cccc(O)c6)n4)[C@@H](C)O5)CC3)cc2N(C)C(=O)[C@H]1NC(=O)c1ncn(Cc2cccc(O)c2)n1. The monoisotopic (exact) mass is 972 g/mol. The topological polar surface area (TPSA) is 226 Å². The van der Waals surface area contributed by atoms with E-state index in [0.29, 0.717) is 60.2 Å². The van der Waals surface area contributed by atoms with Crippen LogP contribution in [0.25, 0.3) is 0 Å². The summed E-state index contributed by atoms with van der Waals surface area (Å²) in [5.74, 6) is 12.1. The average molecular weight is 973 g/mol. The number of benzene rings is 4. The normalized spacial score (nSPS) is 18.9. The van der Waals surface area contributed by atoms with E-state index in [4.69, 9.17) is 9.47 Å². The molecule has 4 atom stereocenters. The standard InChI is InChI=1S/C52H52N12O8/c1-33-45(55-49(67)47-53-31-63(57-47)29-37-9-5-13-39(65)25-37)51(69)59(3)41-27-35(15-17-43(41)71-33)11-7-19-61-21-23-62(24-22-61)20-8-12-36-16-18-44-42(28-36)60(4)52(70)46(34(2)72-44)56-50(68)48-54-32-64(58-48)30-38-10-6-14-40(66)26-38/h5-6,9-10,13-18,25-28,31-34,45-46,65-66H,19-24,29-30H2,1-4H3,(H,55,67)(H,56,68)/t33-,34-,45+,46+/m1/s1. The number of aromatic nitrogens is 6. The van der Waals surface area contributed by atoms with Crippen LogP contribution in [0.4, 0.5) is 11.4 Å². The van der Waals surface area contributed by atoms with Crippen LogP contribution in [0, 0.1) is 23.7 Å². The van der Waals surface area contributed by atoms with Gasteiger partial charge in [-0.05, 0) is 85.6 Å². The van der Waals surface area contributed by atoms with Crippen LogP contribution in [0.3, 0.4) is 0 Å². The summed E-state index contributed by atoms with van der Waals surface area (Å²) in [5.41, 5.74) is 4.05. The lowest BCUT2D eigenvalue weighted by molar-refractivity contribution is -0.122. The van der Waals surface area contributed by atoms with Gasteiger partial charge in [0, 0.05) is 51.4 Å². The summed E-state index contributed by atoms with van der Waals surface area (Å²) in [5, 5.41) is 33.6. The van der Waals surface area contributed by atoms with Crippen molar-refractivity contribution in [2.45, 2.75) is 51.2 Å². The molecule has 1 saturated heterocycles. The summed E-state index contributed by atoms with van der Waals surface area (Å²) in [4.78, 5) is 69.7. The van der Waals surface area contributed by atoms with Gasteiger partial charge in [-0.25, -0.2) is 19.3 Å². The highest BCUT2D eigenvalue weighted by Crippen LogP contribution is 2.35. The molecule has 0 bridgehead atoms. The Morgan fingerprint density at radius 2 is 1.04 bits per heavy atom. The first-order chi connectivity index (χ1) is 34.7. The summed E-state index contributed by atoms with van der Waals surface area (Å²) in [7, 11) is 3.27. The third-order valence-corrected chi connectivity index (χ3v) is 12.5. The van der Waals surface area contributed by atoms with E-state index in [0.717, 1.165) is 37.3 Å². The molecule has 4 amide bonds. The predicted octanol–water partition coefficient (Wildman–Crippen LogP) is 2.48. The number of phenolic OH excluding ortho intramolecular Hbond substituents is 2. The molecule has 2 aromatic heterocycles. The first-order valence-corrected chi connectivity index (χ1v) is 23.3. The maximum Gasteiger partial charge on any atom is 0.291 e. The molecule has 0 radical (unpaired) electrons. The molecule has 368 valence electrons. The molecule has 72 heavy (non-hydrogen) atoms. The van der Waals surface area contributed by atoms with E-state index >= 15 is 0 Å². The Morgan fingerprint density at radius 3 is 1.44 bits per heavy atom. The maximum absolute atomic E-state index is 13.7. The number of nitrogens with zero attached hydrogens (tertiary/aromatic N) is 10. The number of piperazine rings is 1. The number of fused-ring (bicyclic) bond motifs is 2. The van der Waals surface area contributed by atoms with Crippen molar-refractivity contribution in [2.24, 2.45) is 0 Å². The van der Waals surface area contributed by atoms with Crippen molar-refractivity contribution in [3.05, 3.63) is 131 Å². The Balaban J connectivity index is 0.738. The van der Waals surface area contributed by atoms with Crippen molar-refractivity contribution in [1.82, 2.24) is 50.0 Å². The minimum atomic E-state index is -1.01. The van der Waals surface area contributed by atoms with Crippen molar-refractivity contribution in [3.63, 3.8) is 0 Å². The van der Waals surface area contributed by atoms with E-state index in [2.05, 4.69) is 64.3 Å². The summed E-state index contributed by atoms with van der Waals surface area (Å²) >= 11 is 0. The number of ether oxygens (including phenoxy) is 2. The number of aromatic hydroxyl groups is 2. The van der Waals surface area contributed by atoms with Gasteiger partial charge in [-0.3, -0.25) is 29.0 Å². The van der Waals surface area contributed by atoms with Gasteiger partial charge in [0.1, 0.15) is 59.9 Å². The molecule has 0 aliphatic carbocycles. The molecule has 3 aliphatic heterocycles. The fourth-order valence-electron chi connectivity index (χ4n) is 8.52. The zero-order valence-corrected chi connectivity index (χ0v) is 40.0. The molecule has 1 fully saturated rings. The lowest BCUT2D eigenvalue weighted by atomic mass is 10.1. The van der Waals surface area contributed by atoms with Crippen molar-refractivity contribution in [2.75, 3.05) is 63.2 Å². The summed E-state index contributed by atoms with van der Waals surface area (Å²) in [6.45, 7) is 8.36. The zero-order chi connectivity index (χ0) is 50.5. The van der Waals surface area contributed by atoms with Gasteiger partial charge in [0.05, 0.1) is 37.6 Å². The fourth-order valence-corrected chi connectivity index (χ4v) is 8.52. The van der Waals surface area contributed by atoms with E-state index < -0.39 is 36.1 Å². The molecular formula is C52H52N12O8. The van der Waals surface area contributed by atoms with Crippen molar-refractivity contribution in [3.8, 4) is 46.7 Å². The number of carbonyl (C=O) groups is 4. The highest BCUT2D eigenvalue weighted by molar-refractivity contribution is 6.04. The molecule has 4 N–H and O–H groups in total. The number of likely N-dealkylation sites (N-methyl/N-ethyl adjacent to an activating group) is 2. The fraction of sp³-hybridized carbons (Fsp3) is 0.308. The van der Waals surface area contributed by atoms with Gasteiger partial charge in [0.2, 0.25) is 11.6 Å². The molecular weight excluding hydrogens is 921 g/mol. The quantitative estimate of drug-likeness (QED) is 0.145. The van der Waals surface area contributed by atoms with Crippen LogP contribution in [0.2, 0.25) is 0 Å². The Labute approximate surface area is 415 Å². The Kier molecular flexibility index (Phi) is 14.2. The number of carbonyl (C=O) groups excluding carboxylic acids is 4. The van der Waals surface area contributed by atoms with Crippen LogP contribution in [-0.2, 0) is 22.7 Å². The van der Waals surface area contributed by atoms with Gasteiger partial charge in [0.15, 0.2) is 0 Å². The second kappa shape index (κ2) is 21.1. The number of hydrogen-bond acceptors (Lipinski definition) is 14. The van der Waals surface area contributed by atoms with Gasteiger partial charge >= 0.3 is 0 Å². The number of nitrogens with one attached hydrogen (secondary N) is 2. The second-order valence-corrected chi connectivity index (χ2v) is 17.7. The van der Waals surface area contributed by atoms with Gasteiger partial charge in [-0.15, -0.1) is 10.2 Å². The number of phenols is 2. The third kappa shape index (κ3) is 11.2. The highest BCUT2D eigenvalue weighted by atomic mass is 16.5. The van der Waals surface area contributed by atoms with Crippen LogP contribution in [-0.4, -0.2) is 151 Å². The summed E-state index contributed by atoms with van der Waals surface area (Å²) < 4.78 is 15.3. The molecule has 9 rings (SSSR count). The Bertz CT molecular complexity index is 2950. The van der Waals surface area contributed by atoms with Crippen LogP contribution in [0.5, 0.6) is 23.0 Å². The maximum atomic E-state index is 13.7. The van der Waals surface area contributed by atoms with Crippen molar-refractivity contribution in [1.29, 1.82) is 0 Å². The van der Waals surface area contributed by atoms with E-state index in [1.807, 2.05) is 36.4 Å². The van der Waals surface area contributed by atoms with Gasteiger partial charge < -0.3 is 40.1 Å². The van der Waals surface area contributed by atoms with Gasteiger partial charge in [-0.1, -0.05) is 47.9 Å². The minimum Gasteiger partial charge on any atom is -0.508 e. The van der Waals surface area contributed by atoms with E-state index in [1.165, 1.54) is 31.8 Å². The Hall–Kier alpha value is -8.72. The van der Waals surface area contributed by atoms with Crippen LogP contribution in [0.15, 0.2) is 97.6 Å². The molecule has 4 aromatic carbocycles. The third-order valence-electron chi connectivity index (χ3n) is 12.5. The molecule has 6 aromatic rings. The number of hydrogen-bond donors (Lipinski definition) is 4. The number of anilines is 2. The van der Waals surface area contributed by atoms with E-state index in [-0.39, 0.29) is 35.0 Å². The average Bonchev–Trinajstić information content (AvgIpc) is 4.02. The number of amides is 4. The van der Waals surface area contributed by atoms with Crippen LogP contribution in [0.1, 0.15) is 57.3 Å². The first kappa shape index (κ1) is 48.3. The lowest BCUT2D eigenvalue weighted by Crippen LogP contribution is -2.53. The highest BCUT2D eigenvalue weighted by Gasteiger charge is 2.38. The van der Waals surface area contributed by atoms with Crippen LogP contribution < -0.4 is 29.9 Å². The molecule has 0 saturated carbocycles. The Morgan fingerprint density at radius 1 is 0.625 bits per heavy atom. The van der Waals surface area contributed by atoms with Crippen molar-refractivity contribution >= 4 is 35.0 Å². The molecule has 20 heteroatoms. The molecule has 0 unspecified atom stereocenters. The minimum absolute atomic E-state index is 0.101. The van der Waals surface area contributed by atoms with Gasteiger partial charge in [0.25, 0.3) is 23.6 Å². The zero-order valence-electron chi connectivity index (χ0n) is 40.0. The predicted molar refractivity (Wildman–Crippen MR) is 263 cm³/mol. The molecule has 5 heterocycles. The number of rotatable bonds is 10. The first-order valence-electron chi connectivity index (χ1n) is 23.3. The summed E-state index contributed by atoms with van der Waals surface area (Å²) in [6.07, 6.45) is 1.43. The largest absolute Gasteiger partial charge is 0.508 e. The molecule has 3 aliphatic rings. The van der Waals surface area contributed by atoms with Crippen molar-refractivity contribution < 1.29 is 38.9 Å². The van der Waals surface area contributed by atoms with Gasteiger partial charge in [-0.2, -0.15) is 0 Å². The van der Waals surface area contributed by atoms with E-state index in [1.54, 1.807) is 76.5 Å². The second-order valence-electron chi connectivity index (χ2n) is 17.7. The smallest absolute Gasteiger partial charge is 0.291 e. The lowest BCUT2D eigenvalue weighted by Gasteiger charge is -2.32. The molecule has 20 nitrogen and oxygen atoms in total. The van der Waals surface area contributed by atoms with E-state index in [9.17, 15) is 29.4 Å².